The van der Waals surface area contributed by atoms with Crippen molar-refractivity contribution in [2.75, 3.05) is 20.6 Å². The van der Waals surface area contributed by atoms with Gasteiger partial charge in [0.25, 0.3) is 0 Å². The number of hydrogen-bond donors (Lipinski definition) is 2. The average Bonchev–Trinajstić information content (AvgIpc) is 2.58. The van der Waals surface area contributed by atoms with Crippen molar-refractivity contribution in [2.45, 2.75) is 90.0 Å². The molecule has 0 saturated carbocycles. The molecule has 0 rings (SSSR count). The van der Waals surface area contributed by atoms with E-state index in [0.717, 1.165) is 25.7 Å². The van der Waals surface area contributed by atoms with Crippen LogP contribution in [0.25, 0.3) is 0 Å². The predicted octanol–water partition coefficient (Wildman–Crippen LogP) is 4.37. The third kappa shape index (κ3) is 14.9. The molecule has 1 atom stereocenters. The minimum Gasteiger partial charge on any atom is -0.480 e. The number of hydrogen-bond acceptors (Lipinski definition) is 3. The van der Waals surface area contributed by atoms with Gasteiger partial charge in [-0.15, -0.1) is 0 Å². The van der Waals surface area contributed by atoms with Gasteiger partial charge in [-0.2, -0.15) is 0 Å². The first-order chi connectivity index (χ1) is 12.5. The lowest BCUT2D eigenvalue weighted by molar-refractivity contribution is -0.142. The first kappa shape index (κ1) is 24.6. The summed E-state index contributed by atoms with van der Waals surface area (Å²) in [6.07, 6.45) is 17.1. The standard InChI is InChI=1S/C21H40N2O3/c1-4-5-6-7-8-9-10-11-12-13-17-20(24)22-18-15-14-16-19(21(25)26)23(2)3/h13,17,19H,4-12,14-16,18H2,1-3H3,(H,22,24)(H,25,26)/b17-13+/t19-/m0/s1. The summed E-state index contributed by atoms with van der Waals surface area (Å²) in [5.41, 5.74) is 0. The Kier molecular flexibility index (Phi) is 16.2. The smallest absolute Gasteiger partial charge is 0.320 e. The summed E-state index contributed by atoms with van der Waals surface area (Å²) in [6, 6.07) is -0.447. The van der Waals surface area contributed by atoms with Gasteiger partial charge in [0, 0.05) is 6.54 Å². The number of unbranched alkanes of at least 4 members (excludes halogenated alkanes) is 9. The maximum absolute atomic E-state index is 11.7. The second-order valence-electron chi connectivity index (χ2n) is 7.27. The molecule has 152 valence electrons. The Morgan fingerprint density at radius 1 is 0.962 bits per heavy atom. The van der Waals surface area contributed by atoms with Gasteiger partial charge in [0.2, 0.25) is 5.91 Å². The van der Waals surface area contributed by atoms with Crippen LogP contribution in [-0.4, -0.2) is 48.6 Å². The minimum atomic E-state index is -0.789. The zero-order chi connectivity index (χ0) is 19.6. The van der Waals surface area contributed by atoms with Crippen LogP contribution < -0.4 is 5.32 Å². The fourth-order valence-corrected chi connectivity index (χ4v) is 2.92. The number of nitrogens with one attached hydrogen (secondary N) is 1. The molecule has 0 aromatic carbocycles. The second-order valence-corrected chi connectivity index (χ2v) is 7.27. The maximum atomic E-state index is 11.7. The number of allylic oxidation sites excluding steroid dienone is 1. The molecule has 0 aromatic rings. The highest BCUT2D eigenvalue weighted by Gasteiger charge is 2.18. The van der Waals surface area contributed by atoms with Crippen LogP contribution >= 0.6 is 0 Å². The fourth-order valence-electron chi connectivity index (χ4n) is 2.92. The monoisotopic (exact) mass is 368 g/mol. The number of carboxylic acid groups (broad SMARTS) is 1. The van der Waals surface area contributed by atoms with Crippen LogP contribution in [0.15, 0.2) is 12.2 Å². The second kappa shape index (κ2) is 17.1. The van der Waals surface area contributed by atoms with Gasteiger partial charge in [0.15, 0.2) is 0 Å². The van der Waals surface area contributed by atoms with Crippen LogP contribution in [-0.2, 0) is 9.59 Å². The normalized spacial score (nSPS) is 12.6. The molecule has 0 spiro atoms. The number of carboxylic acids is 1. The van der Waals surface area contributed by atoms with Crippen LogP contribution in [0.4, 0.5) is 0 Å². The van der Waals surface area contributed by atoms with Crippen LogP contribution in [0.3, 0.4) is 0 Å². The van der Waals surface area contributed by atoms with Crippen LogP contribution in [0.2, 0.25) is 0 Å². The van der Waals surface area contributed by atoms with E-state index in [1.54, 1.807) is 25.1 Å². The van der Waals surface area contributed by atoms with Gasteiger partial charge < -0.3 is 10.4 Å². The van der Waals surface area contributed by atoms with Gasteiger partial charge in [-0.05, 0) is 52.3 Å². The van der Waals surface area contributed by atoms with E-state index in [0.29, 0.717) is 13.0 Å². The SMILES string of the molecule is CCCCCCCCCC/C=C/C(=O)NCCCC[C@@H](C(=O)O)N(C)C. The Hall–Kier alpha value is -1.36. The molecule has 0 aliphatic carbocycles. The Balaban J connectivity index is 3.53. The molecule has 0 aliphatic heterocycles. The van der Waals surface area contributed by atoms with E-state index < -0.39 is 12.0 Å². The molecular formula is C21H40N2O3. The highest BCUT2D eigenvalue weighted by molar-refractivity contribution is 5.87. The lowest BCUT2D eigenvalue weighted by atomic mass is 10.1. The number of likely N-dealkylation sites (N-methyl/N-ethyl adjacent to an activating group) is 1. The number of rotatable bonds is 17. The van der Waals surface area contributed by atoms with Crippen molar-refractivity contribution in [3.63, 3.8) is 0 Å². The van der Waals surface area contributed by atoms with E-state index in [1.807, 2.05) is 6.08 Å². The number of carbonyl (C=O) groups is 2. The molecule has 0 aromatic heterocycles. The Morgan fingerprint density at radius 3 is 2.15 bits per heavy atom. The summed E-state index contributed by atoms with van der Waals surface area (Å²) in [7, 11) is 3.55. The van der Waals surface area contributed by atoms with Crippen molar-refractivity contribution >= 4 is 11.9 Å². The highest BCUT2D eigenvalue weighted by atomic mass is 16.4. The topological polar surface area (TPSA) is 69.6 Å². The molecule has 0 bridgehead atoms. The predicted molar refractivity (Wildman–Crippen MR) is 108 cm³/mol. The Labute approximate surface area is 160 Å². The van der Waals surface area contributed by atoms with Crippen LogP contribution in [0.5, 0.6) is 0 Å². The molecule has 0 heterocycles. The molecule has 0 unspecified atom stereocenters. The fraction of sp³-hybridized carbons (Fsp3) is 0.810. The van der Waals surface area contributed by atoms with E-state index in [1.165, 1.54) is 44.9 Å². The number of aliphatic carboxylic acids is 1. The molecular weight excluding hydrogens is 328 g/mol. The molecule has 26 heavy (non-hydrogen) atoms. The van der Waals surface area contributed by atoms with Gasteiger partial charge in [0.05, 0.1) is 0 Å². The van der Waals surface area contributed by atoms with Crippen LogP contribution in [0, 0.1) is 0 Å². The van der Waals surface area contributed by atoms with Crippen molar-refractivity contribution in [2.24, 2.45) is 0 Å². The highest BCUT2D eigenvalue weighted by Crippen LogP contribution is 2.09. The molecule has 0 saturated heterocycles. The summed E-state index contributed by atoms with van der Waals surface area (Å²) in [5.74, 6) is -0.838. The van der Waals surface area contributed by atoms with Crippen molar-refractivity contribution in [1.29, 1.82) is 0 Å². The number of amides is 1. The lowest BCUT2D eigenvalue weighted by Crippen LogP contribution is -2.35. The zero-order valence-electron chi connectivity index (χ0n) is 17.1. The van der Waals surface area contributed by atoms with E-state index in [4.69, 9.17) is 5.11 Å². The summed E-state index contributed by atoms with van der Waals surface area (Å²) in [5, 5.41) is 11.9. The largest absolute Gasteiger partial charge is 0.480 e. The summed E-state index contributed by atoms with van der Waals surface area (Å²) in [4.78, 5) is 24.5. The first-order valence-electron chi connectivity index (χ1n) is 10.3. The number of nitrogens with zero attached hydrogens (tertiary/aromatic N) is 1. The molecule has 1 amide bonds. The van der Waals surface area contributed by atoms with E-state index in [2.05, 4.69) is 12.2 Å². The maximum Gasteiger partial charge on any atom is 0.320 e. The first-order valence-corrected chi connectivity index (χ1v) is 10.3. The summed E-state index contributed by atoms with van der Waals surface area (Å²) in [6.45, 7) is 2.84. The van der Waals surface area contributed by atoms with Gasteiger partial charge in [-0.1, -0.05) is 57.9 Å². The zero-order valence-corrected chi connectivity index (χ0v) is 17.1. The third-order valence-corrected chi connectivity index (χ3v) is 4.61. The summed E-state index contributed by atoms with van der Waals surface area (Å²) >= 11 is 0. The van der Waals surface area contributed by atoms with Gasteiger partial charge in [-0.25, -0.2) is 0 Å². The number of carbonyl (C=O) groups excluding carboxylic acids is 1. The average molecular weight is 369 g/mol. The van der Waals surface area contributed by atoms with Crippen molar-refractivity contribution < 1.29 is 14.7 Å². The third-order valence-electron chi connectivity index (χ3n) is 4.61. The van der Waals surface area contributed by atoms with Crippen LogP contribution in [0.1, 0.15) is 84.0 Å². The van der Waals surface area contributed by atoms with Gasteiger partial charge in [0.1, 0.15) is 6.04 Å². The van der Waals surface area contributed by atoms with E-state index >= 15 is 0 Å². The van der Waals surface area contributed by atoms with Crippen molar-refractivity contribution in [3.8, 4) is 0 Å². The van der Waals surface area contributed by atoms with Crippen molar-refractivity contribution in [1.82, 2.24) is 10.2 Å². The molecule has 0 fully saturated rings. The summed E-state index contributed by atoms with van der Waals surface area (Å²) < 4.78 is 0. The quantitative estimate of drug-likeness (QED) is 0.295. The van der Waals surface area contributed by atoms with Gasteiger partial charge >= 0.3 is 5.97 Å². The molecule has 5 heteroatoms. The van der Waals surface area contributed by atoms with Gasteiger partial charge in [-0.3, -0.25) is 14.5 Å². The molecule has 0 aliphatic rings. The lowest BCUT2D eigenvalue weighted by Gasteiger charge is -2.19. The van der Waals surface area contributed by atoms with E-state index in [-0.39, 0.29) is 5.91 Å². The molecule has 0 radical (unpaired) electrons. The minimum absolute atomic E-state index is 0.0491. The van der Waals surface area contributed by atoms with Crippen molar-refractivity contribution in [3.05, 3.63) is 12.2 Å². The Morgan fingerprint density at radius 2 is 1.58 bits per heavy atom. The molecule has 5 nitrogen and oxygen atoms in total. The Bertz CT molecular complexity index is 395. The van der Waals surface area contributed by atoms with E-state index in [9.17, 15) is 9.59 Å². The molecule has 2 N–H and O–H groups in total.